The molecule has 0 amide bonds. The van der Waals surface area contributed by atoms with E-state index in [4.69, 9.17) is 20.7 Å². The van der Waals surface area contributed by atoms with E-state index >= 15 is 0 Å². The van der Waals surface area contributed by atoms with E-state index in [1.54, 1.807) is 20.8 Å². The first-order valence-electron chi connectivity index (χ1n) is 4.99. The van der Waals surface area contributed by atoms with Gasteiger partial charge in [0.2, 0.25) is 0 Å². The van der Waals surface area contributed by atoms with Gasteiger partial charge in [0.1, 0.15) is 18.4 Å². The molecule has 0 bridgehead atoms. The quantitative estimate of drug-likeness (QED) is 0.198. The maximum Gasteiger partial charge on any atom is 0.332 e. The van der Waals surface area contributed by atoms with Crippen molar-refractivity contribution in [2.24, 2.45) is 10.9 Å². The van der Waals surface area contributed by atoms with Gasteiger partial charge in [0.15, 0.2) is 5.71 Å². The van der Waals surface area contributed by atoms with Crippen LogP contribution in [0.1, 0.15) is 27.2 Å². The number of hydrogen-bond donors (Lipinski definition) is 2. The molecule has 16 heavy (non-hydrogen) atoms. The lowest BCUT2D eigenvalue weighted by Gasteiger charge is -2.19. The van der Waals surface area contributed by atoms with Gasteiger partial charge in [-0.25, -0.2) is 4.79 Å². The number of nitrogens with zero attached hydrogens (tertiary/aromatic N) is 1. The van der Waals surface area contributed by atoms with E-state index in [9.17, 15) is 4.79 Å². The minimum Gasteiger partial charge on any atom is -0.458 e. The van der Waals surface area contributed by atoms with Gasteiger partial charge in [-0.05, 0) is 20.8 Å². The van der Waals surface area contributed by atoms with Crippen LogP contribution in [0, 0.1) is 0 Å². The van der Waals surface area contributed by atoms with Crippen LogP contribution in [0.25, 0.3) is 0 Å². The van der Waals surface area contributed by atoms with Gasteiger partial charge >= 0.3 is 5.97 Å². The van der Waals surface area contributed by atoms with Gasteiger partial charge in [0, 0.05) is 0 Å². The van der Waals surface area contributed by atoms with Crippen LogP contribution in [0.5, 0.6) is 0 Å². The maximum absolute atomic E-state index is 11.2. The van der Waals surface area contributed by atoms with Crippen molar-refractivity contribution >= 4 is 17.9 Å². The van der Waals surface area contributed by atoms with Gasteiger partial charge in [-0.2, -0.15) is 5.10 Å². The zero-order chi connectivity index (χ0) is 12.6. The fourth-order valence-electron chi connectivity index (χ4n) is 0.877. The molecule has 6 nitrogen and oxygen atoms in total. The lowest BCUT2D eigenvalue weighted by molar-refractivity contribution is -0.160. The number of nitrogens with two attached hydrogens (primary N) is 2. The number of hydrogen-bond acceptors (Lipinski definition) is 5. The molecule has 0 aliphatic heterocycles. The predicted molar refractivity (Wildman–Crippen MR) is 60.9 cm³/mol. The molecule has 0 aromatic carbocycles. The highest BCUT2D eigenvalue weighted by Gasteiger charge is 2.16. The number of hydrazone groups is 1. The van der Waals surface area contributed by atoms with Crippen molar-refractivity contribution in [3.05, 3.63) is 0 Å². The summed E-state index contributed by atoms with van der Waals surface area (Å²) in [5.41, 5.74) is 0.0179. The Hall–Kier alpha value is -1.43. The van der Waals surface area contributed by atoms with Gasteiger partial charge in [-0.15, -0.1) is 0 Å². The Morgan fingerprint density at radius 1 is 1.50 bits per heavy atom. The van der Waals surface area contributed by atoms with Gasteiger partial charge in [-0.3, -0.25) is 5.41 Å². The second-order valence-electron chi connectivity index (χ2n) is 4.24. The van der Waals surface area contributed by atoms with Gasteiger partial charge < -0.3 is 15.3 Å². The molecule has 0 aromatic rings. The lowest BCUT2D eigenvalue weighted by atomic mass is 10.2. The average Bonchev–Trinajstić information content (AvgIpc) is 2.10. The second kappa shape index (κ2) is 6.95. The van der Waals surface area contributed by atoms with E-state index in [1.807, 2.05) is 0 Å². The van der Waals surface area contributed by atoms with Gasteiger partial charge in [0.25, 0.3) is 0 Å². The van der Waals surface area contributed by atoms with Crippen LogP contribution < -0.4 is 11.3 Å². The summed E-state index contributed by atoms with van der Waals surface area (Å²) in [6.07, 6.45) is 1.82. The van der Waals surface area contributed by atoms with Crippen LogP contribution in [0.2, 0.25) is 0 Å². The molecule has 92 valence electrons. The first-order chi connectivity index (χ1) is 7.35. The van der Waals surface area contributed by atoms with E-state index < -0.39 is 11.6 Å². The van der Waals surface area contributed by atoms with Crippen molar-refractivity contribution in [3.63, 3.8) is 0 Å². The first kappa shape index (κ1) is 14.6. The molecular weight excluding hydrogens is 210 g/mol. The van der Waals surface area contributed by atoms with Crippen molar-refractivity contribution in [2.75, 3.05) is 13.2 Å². The monoisotopic (exact) mass is 230 g/mol. The van der Waals surface area contributed by atoms with E-state index in [2.05, 4.69) is 5.10 Å². The molecule has 4 N–H and O–H groups in total. The first-order valence-corrected chi connectivity index (χ1v) is 4.99. The Morgan fingerprint density at radius 2 is 2.12 bits per heavy atom. The molecule has 0 unspecified atom stereocenters. The molecule has 0 heterocycles. The molecule has 6 heteroatoms. The van der Waals surface area contributed by atoms with Gasteiger partial charge in [-0.1, -0.05) is 0 Å². The third-order valence-electron chi connectivity index (χ3n) is 1.42. The molecule has 0 aliphatic carbocycles. The molecule has 0 fully saturated rings. The summed E-state index contributed by atoms with van der Waals surface area (Å²) in [5, 5.41) is 8.76. The average molecular weight is 230 g/mol. The van der Waals surface area contributed by atoms with E-state index in [0.29, 0.717) is 18.7 Å². The minimum atomic E-state index is -0.488. The number of rotatable bonds is 6. The molecule has 0 saturated carbocycles. The summed E-state index contributed by atoms with van der Waals surface area (Å²) < 4.78 is 10.1. The molecule has 0 aromatic heterocycles. The standard InChI is InChI=1S/C10H19N3O3/c1-10(2,3)16-9(14)7-15-5-4-8(11)6-13-12/h6,11H,4-5,7,12H2,1-3H3/p+1. The minimum absolute atomic E-state index is 0.0790. The molecule has 0 atom stereocenters. The summed E-state index contributed by atoms with van der Waals surface area (Å²) in [7, 11) is 0. The number of ether oxygens (including phenoxy) is 2. The van der Waals surface area contributed by atoms with Crippen molar-refractivity contribution in [1.29, 1.82) is 0 Å². The van der Waals surface area contributed by atoms with E-state index in [1.165, 1.54) is 6.21 Å². The summed E-state index contributed by atoms with van der Waals surface area (Å²) in [6, 6.07) is 0. The van der Waals surface area contributed by atoms with E-state index in [0.717, 1.165) is 0 Å². The van der Waals surface area contributed by atoms with Crippen LogP contribution in [-0.4, -0.2) is 36.7 Å². The van der Waals surface area contributed by atoms with Crippen LogP contribution in [0.4, 0.5) is 0 Å². The predicted octanol–water partition coefficient (Wildman–Crippen LogP) is -1.12. The van der Waals surface area contributed by atoms with Crippen LogP contribution in [0.15, 0.2) is 5.10 Å². The maximum atomic E-state index is 11.2. The molecule has 0 rings (SSSR count). The van der Waals surface area contributed by atoms with Crippen LogP contribution in [-0.2, 0) is 14.3 Å². The zero-order valence-corrected chi connectivity index (χ0v) is 10.0. The smallest absolute Gasteiger partial charge is 0.332 e. The third-order valence-corrected chi connectivity index (χ3v) is 1.42. The highest BCUT2D eigenvalue weighted by molar-refractivity contribution is 6.27. The Labute approximate surface area is 95.3 Å². The van der Waals surface area contributed by atoms with Crippen molar-refractivity contribution < 1.29 is 19.7 Å². The summed E-state index contributed by atoms with van der Waals surface area (Å²) in [5.74, 6) is 4.51. The number of carbonyl (C=O) groups is 1. The summed E-state index contributed by atoms with van der Waals surface area (Å²) in [6.45, 7) is 5.65. The van der Waals surface area contributed by atoms with Crippen LogP contribution in [0.3, 0.4) is 0 Å². The molecule has 0 radical (unpaired) electrons. The molecule has 0 aliphatic rings. The van der Waals surface area contributed by atoms with Gasteiger partial charge in [0.05, 0.1) is 13.0 Å². The largest absolute Gasteiger partial charge is 0.458 e. The Balaban J connectivity index is 3.60. The SMILES string of the molecule is CC(C)(C)OC(=O)COCCC(=[NH2+])C=NN. The molecule has 0 saturated heterocycles. The fourth-order valence-corrected chi connectivity index (χ4v) is 0.877. The highest BCUT2D eigenvalue weighted by Crippen LogP contribution is 2.06. The summed E-state index contributed by atoms with van der Waals surface area (Å²) in [4.78, 5) is 11.2. The Bertz CT molecular complexity index is 269. The van der Waals surface area contributed by atoms with E-state index in [-0.39, 0.29) is 6.61 Å². The Morgan fingerprint density at radius 3 is 2.62 bits per heavy atom. The lowest BCUT2D eigenvalue weighted by Crippen LogP contribution is -2.41. The van der Waals surface area contributed by atoms with Crippen LogP contribution >= 0.6 is 0 Å². The zero-order valence-electron chi connectivity index (χ0n) is 10.0. The number of esters is 1. The topological polar surface area (TPSA) is 99.5 Å². The van der Waals surface area contributed by atoms with Crippen molar-refractivity contribution in [3.8, 4) is 0 Å². The Kier molecular flexibility index (Phi) is 6.32. The normalized spacial score (nSPS) is 11.7. The molecular formula is C10H20N3O3+. The van der Waals surface area contributed by atoms with Crippen molar-refractivity contribution in [2.45, 2.75) is 32.8 Å². The second-order valence-corrected chi connectivity index (χ2v) is 4.24. The van der Waals surface area contributed by atoms with Crippen molar-refractivity contribution in [1.82, 2.24) is 0 Å². The highest BCUT2D eigenvalue weighted by atomic mass is 16.6. The fraction of sp³-hybridized carbons (Fsp3) is 0.700. The molecule has 0 spiro atoms. The number of carbonyl (C=O) groups excluding carboxylic acids is 1. The summed E-state index contributed by atoms with van der Waals surface area (Å²) >= 11 is 0. The third kappa shape index (κ3) is 9.14.